The number of amides is 1. The Labute approximate surface area is 140 Å². The summed E-state index contributed by atoms with van der Waals surface area (Å²) in [6.07, 6.45) is 0.276. The molecule has 1 aromatic carbocycles. The number of thiophene rings is 1. The topological polar surface area (TPSA) is 48.0 Å². The third-order valence-electron chi connectivity index (χ3n) is 3.48. The number of hydrogen-bond donors (Lipinski definition) is 0. The van der Waals surface area contributed by atoms with Crippen molar-refractivity contribution in [3.63, 3.8) is 0 Å². The molecule has 0 atom stereocenters. The number of carbonyl (C=O) groups excluding carboxylic acids is 1. The van der Waals surface area contributed by atoms with E-state index in [0.29, 0.717) is 23.8 Å². The highest BCUT2D eigenvalue weighted by molar-refractivity contribution is 7.09. The van der Waals surface area contributed by atoms with E-state index in [4.69, 9.17) is 14.2 Å². The van der Waals surface area contributed by atoms with Crippen LogP contribution in [0.2, 0.25) is 0 Å². The lowest BCUT2D eigenvalue weighted by Gasteiger charge is -2.18. The third-order valence-corrected chi connectivity index (χ3v) is 4.34. The van der Waals surface area contributed by atoms with Crippen LogP contribution in [0.1, 0.15) is 10.4 Å². The number of ether oxygens (including phenoxy) is 3. The largest absolute Gasteiger partial charge is 0.493 e. The zero-order valence-electron chi connectivity index (χ0n) is 13.8. The fraction of sp³-hybridized carbons (Fsp3) is 0.353. The van der Waals surface area contributed by atoms with Crippen LogP contribution in [0.5, 0.6) is 17.2 Å². The molecule has 1 aromatic heterocycles. The Balaban J connectivity index is 2.13. The maximum atomic E-state index is 12.4. The van der Waals surface area contributed by atoms with Crippen molar-refractivity contribution < 1.29 is 19.0 Å². The summed E-state index contributed by atoms with van der Waals surface area (Å²) in [5.41, 5.74) is 0.822. The van der Waals surface area contributed by atoms with Gasteiger partial charge in [0, 0.05) is 11.9 Å². The molecule has 0 N–H and O–H groups in total. The van der Waals surface area contributed by atoms with Gasteiger partial charge >= 0.3 is 0 Å². The number of hydrogen-bond acceptors (Lipinski definition) is 5. The predicted molar refractivity (Wildman–Crippen MR) is 90.6 cm³/mol. The minimum Gasteiger partial charge on any atom is -0.493 e. The predicted octanol–water partition coefficient (Wildman–Crippen LogP) is 2.98. The molecule has 2 rings (SSSR count). The van der Waals surface area contributed by atoms with Crippen LogP contribution >= 0.6 is 11.3 Å². The molecule has 0 saturated carbocycles. The molecule has 0 saturated heterocycles. The second kappa shape index (κ2) is 7.87. The summed E-state index contributed by atoms with van der Waals surface area (Å²) in [7, 11) is 6.48. The summed E-state index contributed by atoms with van der Waals surface area (Å²) in [4.78, 5) is 15.3. The average Bonchev–Trinajstić information content (AvgIpc) is 3.06. The lowest BCUT2D eigenvalue weighted by Crippen LogP contribution is -2.27. The summed E-state index contributed by atoms with van der Waals surface area (Å²) < 4.78 is 15.9. The molecule has 0 unspecified atom stereocenters. The van der Waals surface area contributed by atoms with E-state index in [9.17, 15) is 4.79 Å². The second-order valence-electron chi connectivity index (χ2n) is 5.04. The third kappa shape index (κ3) is 4.16. The lowest BCUT2D eigenvalue weighted by molar-refractivity contribution is -0.129. The van der Waals surface area contributed by atoms with E-state index < -0.39 is 0 Å². The molecule has 0 radical (unpaired) electrons. The van der Waals surface area contributed by atoms with Crippen LogP contribution < -0.4 is 14.2 Å². The number of rotatable bonds is 7. The number of nitrogens with zero attached hydrogens (tertiary/aromatic N) is 1. The molecule has 0 fully saturated rings. The van der Waals surface area contributed by atoms with Crippen LogP contribution in [0.3, 0.4) is 0 Å². The van der Waals surface area contributed by atoms with Gasteiger partial charge in [-0.05, 0) is 29.1 Å². The fourth-order valence-electron chi connectivity index (χ4n) is 2.27. The molecule has 2 aromatic rings. The van der Waals surface area contributed by atoms with Crippen molar-refractivity contribution in [2.45, 2.75) is 13.0 Å². The minimum atomic E-state index is 0.0349. The van der Waals surface area contributed by atoms with E-state index in [1.165, 1.54) is 0 Å². The van der Waals surface area contributed by atoms with Gasteiger partial charge in [-0.1, -0.05) is 6.07 Å². The van der Waals surface area contributed by atoms with Crippen LogP contribution in [0, 0.1) is 0 Å². The van der Waals surface area contributed by atoms with Crippen molar-refractivity contribution in [3.8, 4) is 17.2 Å². The standard InChI is InChI=1S/C17H21NO4S/c1-18(11-13-6-5-7-23-13)16(19)10-12-8-14(20-2)17(22-4)15(9-12)21-3/h5-9H,10-11H2,1-4H3. The van der Waals surface area contributed by atoms with E-state index in [0.717, 1.165) is 10.4 Å². The first-order valence-corrected chi connectivity index (χ1v) is 8.02. The Morgan fingerprint density at radius 2 is 1.78 bits per heavy atom. The van der Waals surface area contributed by atoms with Gasteiger partial charge in [0.15, 0.2) is 11.5 Å². The molecule has 0 aliphatic heterocycles. The van der Waals surface area contributed by atoms with E-state index in [1.54, 1.807) is 56.7 Å². The molecule has 1 heterocycles. The first-order chi connectivity index (χ1) is 11.1. The summed E-state index contributed by atoms with van der Waals surface area (Å²) in [5, 5.41) is 2.01. The first-order valence-electron chi connectivity index (χ1n) is 7.14. The summed E-state index contributed by atoms with van der Waals surface area (Å²) in [6.45, 7) is 0.612. The number of benzene rings is 1. The quantitative estimate of drug-likeness (QED) is 0.780. The Hall–Kier alpha value is -2.21. The maximum Gasteiger partial charge on any atom is 0.227 e. The van der Waals surface area contributed by atoms with E-state index >= 15 is 0 Å². The lowest BCUT2D eigenvalue weighted by atomic mass is 10.1. The van der Waals surface area contributed by atoms with Crippen LogP contribution in [0.4, 0.5) is 0 Å². The fourth-order valence-corrected chi connectivity index (χ4v) is 3.03. The van der Waals surface area contributed by atoms with Gasteiger partial charge in [-0.15, -0.1) is 11.3 Å². The molecular weight excluding hydrogens is 314 g/mol. The summed E-state index contributed by atoms with van der Waals surface area (Å²) in [6, 6.07) is 7.61. The molecule has 0 bridgehead atoms. The van der Waals surface area contributed by atoms with Gasteiger partial charge in [0.05, 0.1) is 34.3 Å². The molecule has 0 spiro atoms. The minimum absolute atomic E-state index is 0.0349. The Morgan fingerprint density at radius 3 is 2.26 bits per heavy atom. The smallest absolute Gasteiger partial charge is 0.227 e. The number of methoxy groups -OCH3 is 3. The van der Waals surface area contributed by atoms with Gasteiger partial charge < -0.3 is 19.1 Å². The van der Waals surface area contributed by atoms with E-state index in [2.05, 4.69) is 0 Å². The molecule has 0 aliphatic rings. The van der Waals surface area contributed by atoms with E-state index in [-0.39, 0.29) is 12.3 Å². The van der Waals surface area contributed by atoms with Gasteiger partial charge in [0.1, 0.15) is 0 Å². The molecule has 1 amide bonds. The average molecular weight is 335 g/mol. The highest BCUT2D eigenvalue weighted by atomic mass is 32.1. The van der Waals surface area contributed by atoms with E-state index in [1.807, 2.05) is 17.5 Å². The second-order valence-corrected chi connectivity index (χ2v) is 6.07. The molecule has 5 nitrogen and oxygen atoms in total. The highest BCUT2D eigenvalue weighted by Crippen LogP contribution is 2.38. The highest BCUT2D eigenvalue weighted by Gasteiger charge is 2.16. The zero-order valence-corrected chi connectivity index (χ0v) is 14.6. The number of carbonyl (C=O) groups is 1. The van der Waals surface area contributed by atoms with Gasteiger partial charge in [-0.2, -0.15) is 0 Å². The Morgan fingerprint density at radius 1 is 1.13 bits per heavy atom. The van der Waals surface area contributed by atoms with Crippen LogP contribution in [-0.4, -0.2) is 39.2 Å². The van der Waals surface area contributed by atoms with Crippen molar-refractivity contribution in [2.75, 3.05) is 28.4 Å². The molecule has 124 valence electrons. The van der Waals surface area contributed by atoms with Crippen molar-refractivity contribution >= 4 is 17.2 Å². The SMILES string of the molecule is COc1cc(CC(=O)N(C)Cc2cccs2)cc(OC)c1OC. The summed E-state index contributed by atoms with van der Waals surface area (Å²) in [5.74, 6) is 1.66. The molecular formula is C17H21NO4S. The van der Waals surface area contributed by atoms with Gasteiger partial charge in [-0.3, -0.25) is 4.79 Å². The van der Waals surface area contributed by atoms with Gasteiger partial charge in [0.2, 0.25) is 11.7 Å². The zero-order chi connectivity index (χ0) is 16.8. The summed E-state index contributed by atoms with van der Waals surface area (Å²) >= 11 is 1.64. The Bertz CT molecular complexity index is 630. The maximum absolute atomic E-state index is 12.4. The van der Waals surface area contributed by atoms with Crippen molar-refractivity contribution in [1.82, 2.24) is 4.90 Å². The Kier molecular flexibility index (Phi) is 5.87. The normalized spacial score (nSPS) is 10.3. The van der Waals surface area contributed by atoms with Gasteiger partial charge in [0.25, 0.3) is 0 Å². The molecule has 6 heteroatoms. The monoisotopic (exact) mass is 335 g/mol. The molecule has 23 heavy (non-hydrogen) atoms. The van der Waals surface area contributed by atoms with Crippen LogP contribution in [0.25, 0.3) is 0 Å². The van der Waals surface area contributed by atoms with Crippen LogP contribution in [0.15, 0.2) is 29.6 Å². The van der Waals surface area contributed by atoms with Crippen molar-refractivity contribution in [1.29, 1.82) is 0 Å². The van der Waals surface area contributed by atoms with Crippen molar-refractivity contribution in [3.05, 3.63) is 40.1 Å². The number of likely N-dealkylation sites (N-methyl/N-ethyl adjacent to an activating group) is 1. The van der Waals surface area contributed by atoms with Gasteiger partial charge in [-0.25, -0.2) is 0 Å². The molecule has 0 aliphatic carbocycles. The first kappa shape index (κ1) is 17.1. The van der Waals surface area contributed by atoms with Crippen LogP contribution in [-0.2, 0) is 17.8 Å². The van der Waals surface area contributed by atoms with Crippen molar-refractivity contribution in [2.24, 2.45) is 0 Å².